The van der Waals surface area contributed by atoms with Crippen LogP contribution in [0.25, 0.3) is 0 Å². The number of benzene rings is 1. The summed E-state index contributed by atoms with van der Waals surface area (Å²) in [5.41, 5.74) is 3.47. The second kappa shape index (κ2) is 3.91. The predicted molar refractivity (Wildman–Crippen MR) is 95.2 cm³/mol. The van der Waals surface area contributed by atoms with E-state index < -0.39 is 0 Å². The first kappa shape index (κ1) is 13.9. The van der Waals surface area contributed by atoms with E-state index in [0.29, 0.717) is 24.5 Å². The molecule has 6 rings (SSSR count). The van der Waals surface area contributed by atoms with Gasteiger partial charge in [0.25, 0.3) is 0 Å². The molecule has 3 aliphatic heterocycles. The molecule has 3 spiro atoms. The van der Waals surface area contributed by atoms with Gasteiger partial charge in [-0.25, -0.2) is 0 Å². The first-order chi connectivity index (χ1) is 11.6. The molecule has 2 saturated carbocycles. The van der Waals surface area contributed by atoms with Gasteiger partial charge in [-0.3, -0.25) is 4.90 Å². The van der Waals surface area contributed by atoms with Crippen molar-refractivity contribution in [2.75, 3.05) is 31.6 Å². The Morgan fingerprint density at radius 2 is 2.12 bits per heavy atom. The van der Waals surface area contributed by atoms with Crippen molar-refractivity contribution in [1.29, 1.82) is 0 Å². The fourth-order valence-corrected chi connectivity index (χ4v) is 8.55. The lowest BCUT2D eigenvalue weighted by Crippen LogP contribution is -2.64. The summed E-state index contributed by atoms with van der Waals surface area (Å²) in [6.07, 6.45) is 7.34. The molecule has 3 nitrogen and oxygen atoms in total. The Hall–Kier alpha value is -1.32. The monoisotopic (exact) mass is 322 g/mol. The fraction of sp³-hybridized carbons (Fsp3) is 0.619. The van der Waals surface area contributed by atoms with Crippen LogP contribution in [0.15, 0.2) is 36.4 Å². The van der Waals surface area contributed by atoms with Gasteiger partial charge in [-0.05, 0) is 36.9 Å². The molecule has 3 heterocycles. The number of rotatable bonds is 1. The van der Waals surface area contributed by atoms with E-state index in [-0.39, 0.29) is 16.4 Å². The van der Waals surface area contributed by atoms with Crippen LogP contribution in [-0.4, -0.2) is 48.3 Å². The number of aliphatic hydroxyl groups is 1. The van der Waals surface area contributed by atoms with Gasteiger partial charge >= 0.3 is 0 Å². The SMILES string of the molecule is CC1C23C=CCN4CCC5(c6ccccc6N(C)C15C(CO)C2)C43. The van der Waals surface area contributed by atoms with Crippen LogP contribution in [0.3, 0.4) is 0 Å². The molecule has 126 valence electrons. The molecular weight excluding hydrogens is 296 g/mol. The minimum Gasteiger partial charge on any atom is -0.396 e. The van der Waals surface area contributed by atoms with Crippen molar-refractivity contribution in [3.63, 3.8) is 0 Å². The third-order valence-corrected chi connectivity index (χ3v) is 8.83. The van der Waals surface area contributed by atoms with E-state index >= 15 is 0 Å². The molecule has 1 saturated heterocycles. The molecule has 0 amide bonds. The summed E-state index contributed by atoms with van der Waals surface area (Å²) in [7, 11) is 2.30. The zero-order chi connectivity index (χ0) is 16.3. The van der Waals surface area contributed by atoms with Gasteiger partial charge in [0.1, 0.15) is 0 Å². The van der Waals surface area contributed by atoms with Crippen molar-refractivity contribution in [2.24, 2.45) is 17.3 Å². The summed E-state index contributed by atoms with van der Waals surface area (Å²) in [5, 5.41) is 10.4. The van der Waals surface area contributed by atoms with E-state index in [1.807, 2.05) is 0 Å². The second-order valence-electron chi connectivity index (χ2n) is 8.84. The zero-order valence-corrected chi connectivity index (χ0v) is 14.6. The van der Waals surface area contributed by atoms with Crippen molar-refractivity contribution in [2.45, 2.75) is 36.8 Å². The van der Waals surface area contributed by atoms with E-state index in [9.17, 15) is 5.11 Å². The van der Waals surface area contributed by atoms with E-state index in [0.717, 1.165) is 13.0 Å². The molecule has 2 bridgehead atoms. The van der Waals surface area contributed by atoms with Gasteiger partial charge in [-0.2, -0.15) is 0 Å². The Balaban J connectivity index is 1.74. The molecule has 2 aliphatic carbocycles. The summed E-state index contributed by atoms with van der Waals surface area (Å²) in [6.45, 7) is 5.09. The van der Waals surface area contributed by atoms with E-state index in [4.69, 9.17) is 0 Å². The summed E-state index contributed by atoms with van der Waals surface area (Å²) in [5.74, 6) is 0.938. The lowest BCUT2D eigenvalue weighted by Gasteiger charge is -2.53. The molecule has 3 fully saturated rings. The van der Waals surface area contributed by atoms with Crippen molar-refractivity contribution in [3.8, 4) is 0 Å². The largest absolute Gasteiger partial charge is 0.396 e. The maximum Gasteiger partial charge on any atom is 0.0596 e. The smallest absolute Gasteiger partial charge is 0.0596 e. The Kier molecular flexibility index (Phi) is 2.27. The van der Waals surface area contributed by atoms with Crippen molar-refractivity contribution in [1.82, 2.24) is 4.90 Å². The third-order valence-electron chi connectivity index (χ3n) is 8.83. The second-order valence-corrected chi connectivity index (χ2v) is 8.84. The Morgan fingerprint density at radius 3 is 2.96 bits per heavy atom. The molecule has 0 aromatic heterocycles. The van der Waals surface area contributed by atoms with Crippen LogP contribution in [0.2, 0.25) is 0 Å². The van der Waals surface area contributed by atoms with Crippen LogP contribution < -0.4 is 4.90 Å². The number of likely N-dealkylation sites (N-methyl/N-ethyl adjacent to an activating group) is 1. The normalized spacial score (nSPS) is 50.3. The molecule has 6 unspecified atom stereocenters. The van der Waals surface area contributed by atoms with Crippen LogP contribution in [-0.2, 0) is 5.41 Å². The summed E-state index contributed by atoms with van der Waals surface area (Å²) >= 11 is 0. The molecule has 6 atom stereocenters. The molecular formula is C21H26N2O. The average Bonchev–Trinajstić information content (AvgIpc) is 3.25. The Labute approximate surface area is 144 Å². The fourth-order valence-electron chi connectivity index (χ4n) is 8.55. The first-order valence-electron chi connectivity index (χ1n) is 9.50. The number of para-hydroxylation sites is 1. The van der Waals surface area contributed by atoms with E-state index in [1.165, 1.54) is 18.7 Å². The molecule has 1 aromatic rings. The molecule has 1 aromatic carbocycles. The van der Waals surface area contributed by atoms with Crippen LogP contribution in [0.5, 0.6) is 0 Å². The number of fused-ring (bicyclic) bond motifs is 1. The Bertz CT molecular complexity index is 775. The van der Waals surface area contributed by atoms with Crippen molar-refractivity contribution in [3.05, 3.63) is 42.0 Å². The molecule has 0 radical (unpaired) electrons. The molecule has 1 N–H and O–H groups in total. The lowest BCUT2D eigenvalue weighted by molar-refractivity contribution is 0.0467. The van der Waals surface area contributed by atoms with Crippen molar-refractivity contribution < 1.29 is 5.11 Å². The van der Waals surface area contributed by atoms with Gasteiger partial charge < -0.3 is 10.0 Å². The van der Waals surface area contributed by atoms with Crippen LogP contribution >= 0.6 is 0 Å². The Morgan fingerprint density at radius 1 is 1.29 bits per heavy atom. The van der Waals surface area contributed by atoms with Crippen LogP contribution in [0, 0.1) is 17.3 Å². The highest BCUT2D eigenvalue weighted by Crippen LogP contribution is 2.80. The van der Waals surface area contributed by atoms with Gasteiger partial charge in [0.05, 0.1) is 5.54 Å². The van der Waals surface area contributed by atoms with Crippen molar-refractivity contribution >= 4 is 5.69 Å². The number of aliphatic hydroxyl groups excluding tert-OH is 1. The van der Waals surface area contributed by atoms with Gasteiger partial charge in [0.2, 0.25) is 0 Å². The van der Waals surface area contributed by atoms with E-state index in [2.05, 4.69) is 60.2 Å². The number of hydrogen-bond donors (Lipinski definition) is 1. The molecule has 24 heavy (non-hydrogen) atoms. The minimum atomic E-state index is 0.0690. The van der Waals surface area contributed by atoms with Gasteiger partial charge in [-0.15, -0.1) is 0 Å². The zero-order valence-electron chi connectivity index (χ0n) is 14.6. The summed E-state index contributed by atoms with van der Waals surface area (Å²) in [6, 6.07) is 9.70. The van der Waals surface area contributed by atoms with Gasteiger partial charge in [-0.1, -0.05) is 37.3 Å². The summed E-state index contributed by atoms with van der Waals surface area (Å²) < 4.78 is 0. The van der Waals surface area contributed by atoms with E-state index in [1.54, 1.807) is 5.56 Å². The van der Waals surface area contributed by atoms with Crippen LogP contribution in [0.4, 0.5) is 5.69 Å². The average molecular weight is 322 g/mol. The highest BCUT2D eigenvalue weighted by molar-refractivity contribution is 5.72. The van der Waals surface area contributed by atoms with Crippen LogP contribution in [0.1, 0.15) is 25.3 Å². The quantitative estimate of drug-likeness (QED) is 0.805. The lowest BCUT2D eigenvalue weighted by atomic mass is 9.57. The first-order valence-corrected chi connectivity index (χ1v) is 9.50. The predicted octanol–water partition coefficient (Wildman–Crippen LogP) is 2.41. The number of anilines is 1. The number of nitrogens with zero attached hydrogens (tertiary/aromatic N) is 2. The summed E-state index contributed by atoms with van der Waals surface area (Å²) in [4.78, 5) is 5.35. The molecule has 5 aliphatic rings. The third kappa shape index (κ3) is 1.02. The highest BCUT2D eigenvalue weighted by atomic mass is 16.3. The van der Waals surface area contributed by atoms with Gasteiger partial charge in [0, 0.05) is 48.7 Å². The maximum absolute atomic E-state index is 10.4. The number of hydrogen-bond acceptors (Lipinski definition) is 3. The topological polar surface area (TPSA) is 26.7 Å². The minimum absolute atomic E-state index is 0.0690. The maximum atomic E-state index is 10.4. The molecule has 3 heteroatoms. The van der Waals surface area contributed by atoms with Gasteiger partial charge in [0.15, 0.2) is 0 Å². The highest BCUT2D eigenvalue weighted by Gasteiger charge is 2.85. The standard InChI is InChI=1S/C21H26N2O/c1-14-19-8-5-10-23-11-9-20(18(19)23)16-6-3-4-7-17(16)22(2)21(14,20)15(12-19)13-24/h3-8,14-15,18,24H,9-13H2,1-2H3.